The van der Waals surface area contributed by atoms with Gasteiger partial charge in [-0.25, -0.2) is 0 Å². The molecule has 0 spiro atoms. The van der Waals surface area contributed by atoms with Crippen LogP contribution >= 0.6 is 0 Å². The third-order valence-electron chi connectivity index (χ3n) is 3.75. The molecule has 0 saturated heterocycles. The molecule has 64 valence electrons. The molecule has 0 amide bonds. The predicted octanol–water partition coefficient (Wildman–Crippen LogP) is 2.16. The average molecular weight is 153 g/mol. The first-order chi connectivity index (χ1) is 5.11. The first kappa shape index (κ1) is 7.60. The number of hydrogen-bond acceptors (Lipinski definition) is 1. The van der Waals surface area contributed by atoms with Crippen molar-refractivity contribution in [3.05, 3.63) is 0 Å². The zero-order chi connectivity index (χ0) is 8.06. The van der Waals surface area contributed by atoms with E-state index in [0.717, 1.165) is 11.8 Å². The summed E-state index contributed by atoms with van der Waals surface area (Å²) in [6, 6.07) is 0.527. The Balaban J connectivity index is 1.86. The van der Waals surface area contributed by atoms with Gasteiger partial charge in [-0.3, -0.25) is 0 Å². The van der Waals surface area contributed by atoms with Gasteiger partial charge in [0.2, 0.25) is 0 Å². The van der Waals surface area contributed by atoms with Crippen molar-refractivity contribution < 1.29 is 0 Å². The Hall–Kier alpha value is -0.0400. The minimum Gasteiger partial charge on any atom is -0.327 e. The Morgan fingerprint density at radius 1 is 1.36 bits per heavy atom. The number of hydrogen-bond donors (Lipinski definition) is 1. The Morgan fingerprint density at radius 3 is 2.18 bits per heavy atom. The van der Waals surface area contributed by atoms with Gasteiger partial charge < -0.3 is 5.73 Å². The molecule has 1 heteroatoms. The molecule has 2 aliphatic rings. The van der Waals surface area contributed by atoms with Crippen LogP contribution in [0, 0.1) is 17.3 Å². The average Bonchev–Trinajstić information content (AvgIpc) is 2.35. The SMILES string of the molecule is CC1(C)CC1C(N)C1CCC1. The molecule has 0 radical (unpaired) electrons. The minimum absolute atomic E-state index is 0.527. The molecule has 2 aliphatic carbocycles. The van der Waals surface area contributed by atoms with Crippen LogP contribution in [0.25, 0.3) is 0 Å². The summed E-state index contributed by atoms with van der Waals surface area (Å²) in [4.78, 5) is 0. The first-order valence-corrected chi connectivity index (χ1v) is 4.87. The second-order valence-corrected chi connectivity index (χ2v) is 5.07. The van der Waals surface area contributed by atoms with Crippen LogP contribution in [0.15, 0.2) is 0 Å². The van der Waals surface area contributed by atoms with Gasteiger partial charge in [0, 0.05) is 6.04 Å². The lowest BCUT2D eigenvalue weighted by atomic mass is 9.77. The highest BCUT2D eigenvalue weighted by Crippen LogP contribution is 2.55. The van der Waals surface area contributed by atoms with Crippen LogP contribution in [-0.4, -0.2) is 6.04 Å². The van der Waals surface area contributed by atoms with E-state index in [4.69, 9.17) is 5.73 Å². The van der Waals surface area contributed by atoms with Crippen LogP contribution < -0.4 is 5.73 Å². The van der Waals surface area contributed by atoms with Gasteiger partial charge in [0.05, 0.1) is 0 Å². The molecule has 2 saturated carbocycles. The van der Waals surface area contributed by atoms with Gasteiger partial charge in [0.1, 0.15) is 0 Å². The Morgan fingerprint density at radius 2 is 1.91 bits per heavy atom. The molecule has 0 heterocycles. The van der Waals surface area contributed by atoms with Gasteiger partial charge in [-0.2, -0.15) is 0 Å². The van der Waals surface area contributed by atoms with Crippen LogP contribution in [-0.2, 0) is 0 Å². The summed E-state index contributed by atoms with van der Waals surface area (Å²) in [6.45, 7) is 4.69. The second kappa shape index (κ2) is 2.22. The summed E-state index contributed by atoms with van der Waals surface area (Å²) < 4.78 is 0. The maximum absolute atomic E-state index is 6.16. The molecule has 0 aromatic heterocycles. The van der Waals surface area contributed by atoms with Crippen molar-refractivity contribution in [1.82, 2.24) is 0 Å². The third kappa shape index (κ3) is 1.20. The molecule has 2 N–H and O–H groups in total. The summed E-state index contributed by atoms with van der Waals surface area (Å²) >= 11 is 0. The van der Waals surface area contributed by atoms with Crippen molar-refractivity contribution in [2.24, 2.45) is 23.0 Å². The van der Waals surface area contributed by atoms with E-state index < -0.39 is 0 Å². The fraction of sp³-hybridized carbons (Fsp3) is 1.00. The molecule has 2 atom stereocenters. The van der Waals surface area contributed by atoms with E-state index in [-0.39, 0.29) is 0 Å². The minimum atomic E-state index is 0.527. The van der Waals surface area contributed by atoms with Crippen molar-refractivity contribution in [3.8, 4) is 0 Å². The van der Waals surface area contributed by atoms with Gasteiger partial charge in [-0.1, -0.05) is 20.3 Å². The molecular weight excluding hydrogens is 134 g/mol. The molecule has 1 nitrogen and oxygen atoms in total. The fourth-order valence-corrected chi connectivity index (χ4v) is 2.32. The summed E-state index contributed by atoms with van der Waals surface area (Å²) in [7, 11) is 0. The van der Waals surface area contributed by atoms with Crippen LogP contribution in [0.1, 0.15) is 39.5 Å². The lowest BCUT2D eigenvalue weighted by Gasteiger charge is -2.32. The standard InChI is InChI=1S/C10H19N/c1-10(2)6-8(10)9(11)7-4-3-5-7/h7-9H,3-6,11H2,1-2H3. The number of nitrogens with two attached hydrogens (primary N) is 1. The maximum atomic E-state index is 6.16. The van der Waals surface area contributed by atoms with Crippen LogP contribution in [0.2, 0.25) is 0 Å². The molecule has 2 rings (SSSR count). The topological polar surface area (TPSA) is 26.0 Å². The monoisotopic (exact) mass is 153 g/mol. The van der Waals surface area contributed by atoms with E-state index in [0.29, 0.717) is 11.5 Å². The summed E-state index contributed by atoms with van der Waals surface area (Å²) in [6.07, 6.45) is 5.58. The van der Waals surface area contributed by atoms with E-state index >= 15 is 0 Å². The second-order valence-electron chi connectivity index (χ2n) is 5.07. The quantitative estimate of drug-likeness (QED) is 0.646. The van der Waals surface area contributed by atoms with Gasteiger partial charge in [-0.15, -0.1) is 0 Å². The zero-order valence-corrected chi connectivity index (χ0v) is 7.64. The van der Waals surface area contributed by atoms with E-state index in [9.17, 15) is 0 Å². The Kier molecular flexibility index (Phi) is 1.54. The highest BCUT2D eigenvalue weighted by atomic mass is 14.8. The molecule has 0 aromatic carbocycles. The van der Waals surface area contributed by atoms with Gasteiger partial charge in [0.25, 0.3) is 0 Å². The summed E-state index contributed by atoms with van der Waals surface area (Å²) in [5.41, 5.74) is 6.74. The van der Waals surface area contributed by atoms with Crippen molar-refractivity contribution in [2.75, 3.05) is 0 Å². The van der Waals surface area contributed by atoms with Crippen molar-refractivity contribution in [2.45, 2.75) is 45.6 Å². The third-order valence-corrected chi connectivity index (χ3v) is 3.75. The predicted molar refractivity (Wildman–Crippen MR) is 47.2 cm³/mol. The van der Waals surface area contributed by atoms with Gasteiger partial charge >= 0.3 is 0 Å². The van der Waals surface area contributed by atoms with Crippen molar-refractivity contribution in [3.63, 3.8) is 0 Å². The highest BCUT2D eigenvalue weighted by Gasteiger charge is 2.51. The number of rotatable bonds is 2. The molecule has 0 aliphatic heterocycles. The van der Waals surface area contributed by atoms with Crippen molar-refractivity contribution in [1.29, 1.82) is 0 Å². The lowest BCUT2D eigenvalue weighted by molar-refractivity contribution is 0.231. The van der Waals surface area contributed by atoms with Gasteiger partial charge in [-0.05, 0) is 36.5 Å². The molecule has 2 fully saturated rings. The van der Waals surface area contributed by atoms with Gasteiger partial charge in [0.15, 0.2) is 0 Å². The molecule has 2 unspecified atom stereocenters. The summed E-state index contributed by atoms with van der Waals surface area (Å²) in [5, 5.41) is 0. The van der Waals surface area contributed by atoms with E-state index in [2.05, 4.69) is 13.8 Å². The lowest BCUT2D eigenvalue weighted by Crippen LogP contribution is -2.37. The largest absolute Gasteiger partial charge is 0.327 e. The highest BCUT2D eigenvalue weighted by molar-refractivity contribution is 5.03. The van der Waals surface area contributed by atoms with E-state index in [1.807, 2.05) is 0 Å². The molecule has 0 bridgehead atoms. The zero-order valence-electron chi connectivity index (χ0n) is 7.64. The molecular formula is C10H19N. The Bertz CT molecular complexity index is 158. The van der Waals surface area contributed by atoms with Crippen molar-refractivity contribution >= 4 is 0 Å². The Labute approximate surface area is 69.4 Å². The normalized spacial score (nSPS) is 37.9. The maximum Gasteiger partial charge on any atom is 0.0101 e. The molecule has 11 heavy (non-hydrogen) atoms. The first-order valence-electron chi connectivity index (χ1n) is 4.87. The fourth-order valence-electron chi connectivity index (χ4n) is 2.32. The van der Waals surface area contributed by atoms with E-state index in [1.165, 1.54) is 25.7 Å². The van der Waals surface area contributed by atoms with Crippen LogP contribution in [0.4, 0.5) is 0 Å². The smallest absolute Gasteiger partial charge is 0.0101 e. The van der Waals surface area contributed by atoms with E-state index in [1.54, 1.807) is 0 Å². The van der Waals surface area contributed by atoms with Crippen LogP contribution in [0.3, 0.4) is 0 Å². The molecule has 0 aromatic rings. The summed E-state index contributed by atoms with van der Waals surface area (Å²) in [5.74, 6) is 1.72. The van der Waals surface area contributed by atoms with Crippen LogP contribution in [0.5, 0.6) is 0 Å².